The van der Waals surface area contributed by atoms with E-state index >= 15 is 0 Å². The number of ether oxygens (including phenoxy) is 2. The second kappa shape index (κ2) is 4.21. The molecule has 0 aromatic heterocycles. The first-order valence-electron chi connectivity index (χ1n) is 5.96. The molecule has 2 rings (SSSR count). The van der Waals surface area contributed by atoms with Gasteiger partial charge in [0, 0.05) is 12.0 Å². The molecule has 0 aromatic rings. The topological polar surface area (TPSA) is 30.8 Å². The summed E-state index contributed by atoms with van der Waals surface area (Å²) in [5.41, 5.74) is 2.71. The van der Waals surface area contributed by atoms with Gasteiger partial charge in [0.1, 0.15) is 6.61 Å². The average Bonchev–Trinajstić information content (AvgIpc) is 2.66. The molecule has 0 radical (unpaired) electrons. The van der Waals surface area contributed by atoms with Crippen LogP contribution in [0.3, 0.4) is 0 Å². The maximum absolute atomic E-state index is 5.74. The minimum atomic E-state index is 0.182. The van der Waals surface area contributed by atoms with E-state index in [1.807, 2.05) is 0 Å². The molecule has 0 bridgehead atoms. The van der Waals surface area contributed by atoms with Gasteiger partial charge >= 0.3 is 0 Å². The van der Waals surface area contributed by atoms with Crippen LogP contribution in [-0.2, 0) is 9.47 Å². The molecule has 2 aliphatic heterocycles. The zero-order valence-electron chi connectivity index (χ0n) is 10.7. The quantitative estimate of drug-likeness (QED) is 0.684. The Hall–Kier alpha value is -0.830. The molecule has 0 unspecified atom stereocenters. The van der Waals surface area contributed by atoms with Crippen molar-refractivity contribution in [1.29, 1.82) is 0 Å². The largest absolute Gasteiger partial charge is 0.475 e. The minimum absolute atomic E-state index is 0.182. The first kappa shape index (κ1) is 11.6. The van der Waals surface area contributed by atoms with E-state index in [0.29, 0.717) is 0 Å². The smallest absolute Gasteiger partial charge is 0.212 e. The molecule has 16 heavy (non-hydrogen) atoms. The number of hydrogen-bond acceptors (Lipinski definition) is 3. The summed E-state index contributed by atoms with van der Waals surface area (Å²) in [5, 5.41) is 0. The zero-order valence-corrected chi connectivity index (χ0v) is 10.7. The van der Waals surface area contributed by atoms with Gasteiger partial charge in [-0.05, 0) is 17.9 Å². The van der Waals surface area contributed by atoms with E-state index in [9.17, 15) is 0 Å². The molecule has 0 saturated heterocycles. The van der Waals surface area contributed by atoms with Crippen molar-refractivity contribution in [3.8, 4) is 0 Å². The molecule has 3 heteroatoms. The van der Waals surface area contributed by atoms with Gasteiger partial charge in [-0.1, -0.05) is 20.8 Å². The third kappa shape index (κ3) is 2.29. The van der Waals surface area contributed by atoms with Gasteiger partial charge in [0.15, 0.2) is 0 Å². The first-order valence-corrected chi connectivity index (χ1v) is 5.96. The van der Waals surface area contributed by atoms with Gasteiger partial charge in [-0.3, -0.25) is 0 Å². The molecular weight excluding hydrogens is 202 g/mol. The number of nitrogens with zero attached hydrogens (tertiary/aromatic N) is 1. The van der Waals surface area contributed by atoms with Crippen molar-refractivity contribution in [2.75, 3.05) is 19.8 Å². The second-order valence-corrected chi connectivity index (χ2v) is 5.69. The van der Waals surface area contributed by atoms with Crippen LogP contribution in [0.5, 0.6) is 0 Å². The number of rotatable bonds is 1. The van der Waals surface area contributed by atoms with Crippen LogP contribution in [0, 0.1) is 5.41 Å². The van der Waals surface area contributed by atoms with Crippen molar-refractivity contribution >= 4 is 5.90 Å². The fourth-order valence-corrected chi connectivity index (χ4v) is 1.97. The number of hydrogen-bond donors (Lipinski definition) is 0. The highest BCUT2D eigenvalue weighted by molar-refractivity contribution is 5.95. The van der Waals surface area contributed by atoms with E-state index in [2.05, 4.69) is 27.7 Å². The van der Waals surface area contributed by atoms with Gasteiger partial charge in [-0.25, -0.2) is 4.99 Å². The summed E-state index contributed by atoms with van der Waals surface area (Å²) in [4.78, 5) is 4.71. The summed E-state index contributed by atoms with van der Waals surface area (Å²) in [6.07, 6.45) is 0.932. The molecule has 0 amide bonds. The van der Waals surface area contributed by atoms with Crippen LogP contribution >= 0.6 is 0 Å². The molecule has 0 N–H and O–H groups in total. The van der Waals surface area contributed by atoms with Crippen LogP contribution in [-0.4, -0.2) is 31.8 Å². The van der Waals surface area contributed by atoms with Gasteiger partial charge in [-0.2, -0.15) is 0 Å². The Bertz CT molecular complexity index is 336. The van der Waals surface area contributed by atoms with E-state index in [-0.39, 0.29) is 11.5 Å². The van der Waals surface area contributed by atoms with Crippen molar-refractivity contribution in [3.05, 3.63) is 11.1 Å². The third-order valence-electron chi connectivity index (χ3n) is 3.24. The van der Waals surface area contributed by atoms with Crippen molar-refractivity contribution in [2.45, 2.75) is 40.2 Å². The maximum atomic E-state index is 5.74. The predicted octanol–water partition coefficient (Wildman–Crippen LogP) is 2.57. The Balaban J connectivity index is 2.18. The zero-order chi connectivity index (χ0) is 11.8. The molecule has 0 aliphatic carbocycles. The molecule has 0 saturated carbocycles. The SMILES string of the molecule is CC1=C(C2=N[C@@H](C(C)(C)C)CO2)CCOC1. The fraction of sp³-hybridized carbons (Fsp3) is 0.769. The standard InChI is InChI=1S/C13H21NO2/c1-9-7-15-6-5-10(9)12-14-11(8-16-12)13(2,3)4/h11H,5-8H2,1-4H3/t11-/m1/s1. The van der Waals surface area contributed by atoms with Crippen molar-refractivity contribution in [2.24, 2.45) is 10.4 Å². The Morgan fingerprint density at radius 1 is 1.31 bits per heavy atom. The molecule has 0 spiro atoms. The molecule has 2 heterocycles. The highest BCUT2D eigenvalue weighted by atomic mass is 16.5. The highest BCUT2D eigenvalue weighted by Crippen LogP contribution is 2.29. The van der Waals surface area contributed by atoms with E-state index in [1.54, 1.807) is 0 Å². The van der Waals surface area contributed by atoms with Crippen LogP contribution in [0.1, 0.15) is 34.1 Å². The second-order valence-electron chi connectivity index (χ2n) is 5.69. The van der Waals surface area contributed by atoms with E-state index in [1.165, 1.54) is 11.1 Å². The summed E-state index contributed by atoms with van der Waals surface area (Å²) >= 11 is 0. The van der Waals surface area contributed by atoms with Crippen molar-refractivity contribution in [3.63, 3.8) is 0 Å². The van der Waals surface area contributed by atoms with E-state index < -0.39 is 0 Å². The molecule has 2 aliphatic rings. The van der Waals surface area contributed by atoms with Crippen LogP contribution in [0.25, 0.3) is 0 Å². The summed E-state index contributed by atoms with van der Waals surface area (Å²) < 4.78 is 11.1. The van der Waals surface area contributed by atoms with Crippen molar-refractivity contribution < 1.29 is 9.47 Å². The minimum Gasteiger partial charge on any atom is -0.475 e. The van der Waals surface area contributed by atoms with Gasteiger partial charge < -0.3 is 9.47 Å². The number of aliphatic imine (C=N–C) groups is 1. The summed E-state index contributed by atoms with van der Waals surface area (Å²) in [7, 11) is 0. The third-order valence-corrected chi connectivity index (χ3v) is 3.24. The Morgan fingerprint density at radius 2 is 2.06 bits per heavy atom. The molecular formula is C13H21NO2. The Labute approximate surface area is 97.5 Å². The molecule has 90 valence electrons. The maximum Gasteiger partial charge on any atom is 0.212 e. The van der Waals surface area contributed by atoms with Gasteiger partial charge in [-0.15, -0.1) is 0 Å². The molecule has 0 aromatic carbocycles. The highest BCUT2D eigenvalue weighted by Gasteiger charge is 2.32. The lowest BCUT2D eigenvalue weighted by Crippen LogP contribution is -2.25. The van der Waals surface area contributed by atoms with Crippen LogP contribution in [0.2, 0.25) is 0 Å². The van der Waals surface area contributed by atoms with Crippen LogP contribution in [0.15, 0.2) is 16.1 Å². The van der Waals surface area contributed by atoms with Gasteiger partial charge in [0.2, 0.25) is 5.90 Å². The van der Waals surface area contributed by atoms with Gasteiger partial charge in [0.05, 0.1) is 19.3 Å². The Kier molecular flexibility index (Phi) is 3.06. The first-order chi connectivity index (χ1) is 7.48. The summed E-state index contributed by atoms with van der Waals surface area (Å²) in [6, 6.07) is 0.283. The van der Waals surface area contributed by atoms with Gasteiger partial charge in [0.25, 0.3) is 0 Å². The lowest BCUT2D eigenvalue weighted by atomic mass is 9.88. The lowest BCUT2D eigenvalue weighted by molar-refractivity contribution is 0.147. The predicted molar refractivity (Wildman–Crippen MR) is 64.8 cm³/mol. The summed E-state index contributed by atoms with van der Waals surface area (Å²) in [5.74, 6) is 0.862. The normalized spacial score (nSPS) is 26.8. The Morgan fingerprint density at radius 3 is 2.62 bits per heavy atom. The molecule has 0 fully saturated rings. The molecule has 1 atom stereocenters. The van der Waals surface area contributed by atoms with Crippen LogP contribution in [0.4, 0.5) is 0 Å². The van der Waals surface area contributed by atoms with Crippen molar-refractivity contribution in [1.82, 2.24) is 0 Å². The fourth-order valence-electron chi connectivity index (χ4n) is 1.97. The molecule has 3 nitrogen and oxygen atoms in total. The van der Waals surface area contributed by atoms with Crippen LogP contribution < -0.4 is 0 Å². The average molecular weight is 223 g/mol. The summed E-state index contributed by atoms with van der Waals surface area (Å²) in [6.45, 7) is 10.9. The lowest BCUT2D eigenvalue weighted by Gasteiger charge is -2.21. The van der Waals surface area contributed by atoms with E-state index in [4.69, 9.17) is 14.5 Å². The monoisotopic (exact) mass is 223 g/mol. The van der Waals surface area contributed by atoms with E-state index in [0.717, 1.165) is 32.1 Å².